The van der Waals surface area contributed by atoms with Crippen LogP contribution in [0.2, 0.25) is 0 Å². The Bertz CT molecular complexity index is 832. The molecule has 1 aliphatic heterocycles. The van der Waals surface area contributed by atoms with Gasteiger partial charge in [0.1, 0.15) is 5.82 Å². The second-order valence-corrected chi connectivity index (χ2v) is 6.87. The highest BCUT2D eigenvalue weighted by Crippen LogP contribution is 2.37. The third-order valence-electron chi connectivity index (χ3n) is 4.82. The van der Waals surface area contributed by atoms with Gasteiger partial charge in [0, 0.05) is 6.20 Å². The highest BCUT2D eigenvalue weighted by molar-refractivity contribution is 6.03. The Morgan fingerprint density at radius 1 is 1.37 bits per heavy atom. The number of fused-ring (bicyclic) bond motifs is 1. The number of alkyl halides is 3. The summed E-state index contributed by atoms with van der Waals surface area (Å²) in [4.78, 5) is 13.4. The summed E-state index contributed by atoms with van der Waals surface area (Å²) in [5, 5.41) is 0. The molecular weight excluding hydrogens is 353 g/mol. The number of imidazole rings is 1. The zero-order valence-corrected chi connectivity index (χ0v) is 15.3. The molecule has 1 aromatic carbocycles. The van der Waals surface area contributed by atoms with Crippen molar-refractivity contribution >= 4 is 16.7 Å². The molecule has 144 valence electrons. The zero-order valence-electron chi connectivity index (χ0n) is 15.3. The van der Waals surface area contributed by atoms with Crippen molar-refractivity contribution in [1.29, 1.82) is 0 Å². The molecule has 1 aliphatic rings. The number of hydrogen-bond acceptors (Lipinski definition) is 3. The highest BCUT2D eigenvalue weighted by atomic mass is 19.4. The van der Waals surface area contributed by atoms with Crippen molar-refractivity contribution in [3.8, 4) is 0 Å². The third kappa shape index (κ3) is 4.30. The average molecular weight is 376 g/mol. The maximum Gasteiger partial charge on any atom is 0.401 e. The monoisotopic (exact) mass is 376 g/mol. The second-order valence-electron chi connectivity index (χ2n) is 6.87. The molecule has 3 rings (SSSR count). The topological polar surface area (TPSA) is 44.3 Å². The number of benzene rings is 1. The fourth-order valence-electron chi connectivity index (χ4n) is 3.78. The second kappa shape index (κ2) is 7.68. The van der Waals surface area contributed by atoms with Crippen LogP contribution in [0.4, 0.5) is 13.2 Å². The normalized spacial score (nSPS) is 22.1. The van der Waals surface area contributed by atoms with E-state index in [1.54, 1.807) is 6.92 Å². The van der Waals surface area contributed by atoms with Crippen molar-refractivity contribution in [3.05, 3.63) is 55.0 Å². The number of H-pyrrole nitrogens is 1. The summed E-state index contributed by atoms with van der Waals surface area (Å²) in [5.74, 6) is 0.560. The molecule has 1 N–H and O–H groups in total. The molecule has 1 aromatic heterocycles. The molecule has 0 spiro atoms. The Kier molecular flexibility index (Phi) is 5.51. The fourth-order valence-corrected chi connectivity index (χ4v) is 3.78. The van der Waals surface area contributed by atoms with Gasteiger partial charge in [-0.1, -0.05) is 25.3 Å². The third-order valence-corrected chi connectivity index (χ3v) is 4.82. The van der Waals surface area contributed by atoms with Gasteiger partial charge in [-0.15, -0.1) is 0 Å². The molecule has 2 aromatic rings. The van der Waals surface area contributed by atoms with Crippen LogP contribution in [0.3, 0.4) is 0 Å². The first kappa shape index (κ1) is 19.4. The Hall–Kier alpha value is -2.41. The van der Waals surface area contributed by atoms with E-state index in [1.165, 1.54) is 11.1 Å². The van der Waals surface area contributed by atoms with Gasteiger partial charge >= 0.3 is 6.18 Å². The first-order valence-corrected chi connectivity index (χ1v) is 8.92. The largest absolute Gasteiger partial charge is 0.401 e. The van der Waals surface area contributed by atoms with Crippen LogP contribution in [0.15, 0.2) is 54.2 Å². The first-order chi connectivity index (χ1) is 12.8. The van der Waals surface area contributed by atoms with Gasteiger partial charge in [0.25, 0.3) is 0 Å². The number of para-hydroxylation sites is 2. The number of aliphatic imine (C=N–C) groups is 1. The molecule has 2 heterocycles. The van der Waals surface area contributed by atoms with E-state index in [2.05, 4.69) is 28.1 Å². The minimum atomic E-state index is -4.33. The molecule has 1 fully saturated rings. The van der Waals surface area contributed by atoms with Gasteiger partial charge in [0.15, 0.2) is 0 Å². The van der Waals surface area contributed by atoms with Crippen molar-refractivity contribution in [2.24, 2.45) is 4.99 Å². The molecule has 2 unspecified atom stereocenters. The van der Waals surface area contributed by atoms with E-state index >= 15 is 0 Å². The molecule has 27 heavy (non-hydrogen) atoms. The molecule has 0 saturated carbocycles. The number of rotatable bonds is 5. The summed E-state index contributed by atoms with van der Waals surface area (Å²) in [5.41, 5.74) is 2.77. The molecule has 0 bridgehead atoms. The van der Waals surface area contributed by atoms with Crippen LogP contribution in [0.5, 0.6) is 0 Å². The van der Waals surface area contributed by atoms with Crippen LogP contribution < -0.4 is 0 Å². The van der Waals surface area contributed by atoms with Gasteiger partial charge in [-0.2, -0.15) is 13.2 Å². The molecule has 7 heteroatoms. The standard InChI is InChI=1S/C20H23F3N4/c1-4-24-18(13(2)3)16-10-7-11-17(27(16)12-20(21,22)23)19-25-14-8-5-6-9-15(14)26-19/h4-6,8-9,16-17H,1-2,7,10-12H2,3H3,(H,25,26). The van der Waals surface area contributed by atoms with Gasteiger partial charge in [-0.3, -0.25) is 9.89 Å². The maximum atomic E-state index is 13.4. The van der Waals surface area contributed by atoms with Crippen molar-refractivity contribution in [3.63, 3.8) is 0 Å². The lowest BCUT2D eigenvalue weighted by Gasteiger charge is -2.42. The Morgan fingerprint density at radius 2 is 2.11 bits per heavy atom. The van der Waals surface area contributed by atoms with E-state index < -0.39 is 24.8 Å². The summed E-state index contributed by atoms with van der Waals surface area (Å²) in [6.45, 7) is 8.24. The average Bonchev–Trinajstić information content (AvgIpc) is 3.02. The number of likely N-dealkylation sites (tertiary alicyclic amines) is 1. The van der Waals surface area contributed by atoms with Gasteiger partial charge in [-0.25, -0.2) is 4.98 Å². The lowest BCUT2D eigenvalue weighted by molar-refractivity contribution is -0.157. The molecule has 4 nitrogen and oxygen atoms in total. The lowest BCUT2D eigenvalue weighted by atomic mass is 9.89. The minimum absolute atomic E-state index is 0.466. The van der Waals surface area contributed by atoms with Crippen LogP contribution in [0.25, 0.3) is 11.0 Å². The molecule has 0 amide bonds. The van der Waals surface area contributed by atoms with Crippen molar-refractivity contribution < 1.29 is 13.2 Å². The lowest BCUT2D eigenvalue weighted by Crippen LogP contribution is -2.50. The number of hydrogen-bond donors (Lipinski definition) is 1. The van der Waals surface area contributed by atoms with E-state index in [9.17, 15) is 13.2 Å². The minimum Gasteiger partial charge on any atom is -0.341 e. The molecule has 0 aliphatic carbocycles. The van der Waals surface area contributed by atoms with Gasteiger partial charge < -0.3 is 4.98 Å². The van der Waals surface area contributed by atoms with Crippen molar-refractivity contribution in [2.45, 2.75) is 44.4 Å². The Morgan fingerprint density at radius 3 is 2.74 bits per heavy atom. The zero-order chi connectivity index (χ0) is 19.6. The molecule has 1 saturated heterocycles. The van der Waals surface area contributed by atoms with E-state index in [1.807, 2.05) is 24.3 Å². The molecule has 2 atom stereocenters. The van der Waals surface area contributed by atoms with E-state index in [0.717, 1.165) is 17.5 Å². The number of nitrogens with zero attached hydrogens (tertiary/aromatic N) is 3. The number of piperidine rings is 1. The number of aromatic amines is 1. The number of halogens is 3. The number of aromatic nitrogens is 2. The summed E-state index contributed by atoms with van der Waals surface area (Å²) in [6.07, 6.45) is -0.991. The van der Waals surface area contributed by atoms with Crippen LogP contribution in [-0.4, -0.2) is 39.3 Å². The predicted octanol–water partition coefficient (Wildman–Crippen LogP) is 5.18. The molecular formula is C20H23F3N4. The van der Waals surface area contributed by atoms with Crippen LogP contribution >= 0.6 is 0 Å². The number of nitrogens with one attached hydrogen (secondary N) is 1. The van der Waals surface area contributed by atoms with Crippen molar-refractivity contribution in [2.75, 3.05) is 6.54 Å². The van der Waals surface area contributed by atoms with Gasteiger partial charge in [-0.05, 0) is 43.9 Å². The smallest absolute Gasteiger partial charge is 0.341 e. The Balaban J connectivity index is 2.03. The quantitative estimate of drug-likeness (QED) is 0.731. The van der Waals surface area contributed by atoms with Crippen LogP contribution in [0.1, 0.15) is 38.1 Å². The van der Waals surface area contributed by atoms with E-state index in [-0.39, 0.29) is 0 Å². The van der Waals surface area contributed by atoms with Crippen LogP contribution in [0, 0.1) is 0 Å². The molecule has 0 radical (unpaired) electrons. The summed E-state index contributed by atoms with van der Waals surface area (Å²) in [6, 6.07) is 6.51. The fraction of sp³-hybridized carbons (Fsp3) is 0.400. The summed E-state index contributed by atoms with van der Waals surface area (Å²) < 4.78 is 40.2. The van der Waals surface area contributed by atoms with Crippen molar-refractivity contribution in [1.82, 2.24) is 14.9 Å². The maximum absolute atomic E-state index is 13.4. The Labute approximate surface area is 156 Å². The van der Waals surface area contributed by atoms with Crippen LogP contribution in [-0.2, 0) is 0 Å². The van der Waals surface area contributed by atoms with Gasteiger partial charge in [0.05, 0.1) is 35.4 Å². The SMILES string of the molecule is C=CN=C(C(=C)C)C1CCCC(c2nc3ccccc3[nH]2)N1CC(F)(F)F. The predicted molar refractivity (Wildman–Crippen MR) is 102 cm³/mol. The highest BCUT2D eigenvalue weighted by Gasteiger charge is 2.42. The first-order valence-electron chi connectivity index (χ1n) is 8.92. The van der Waals surface area contributed by atoms with Gasteiger partial charge in [0.2, 0.25) is 0 Å². The summed E-state index contributed by atoms with van der Waals surface area (Å²) in [7, 11) is 0. The van der Waals surface area contributed by atoms with E-state index in [4.69, 9.17) is 0 Å². The van der Waals surface area contributed by atoms with E-state index in [0.29, 0.717) is 30.0 Å². The summed E-state index contributed by atoms with van der Waals surface area (Å²) >= 11 is 0.